The number of hydrogen-bond donors (Lipinski definition) is 4. The number of urea groups is 1. The van der Waals surface area contributed by atoms with Gasteiger partial charge in [-0.05, 0) is 33.3 Å². The molecule has 4 N–H and O–H groups in total. The van der Waals surface area contributed by atoms with Gasteiger partial charge in [0.15, 0.2) is 0 Å². The molecule has 0 radical (unpaired) electrons. The van der Waals surface area contributed by atoms with Gasteiger partial charge in [0.1, 0.15) is 18.0 Å². The summed E-state index contributed by atoms with van der Waals surface area (Å²) >= 11 is 0. The smallest absolute Gasteiger partial charge is 0.407 e. The first-order valence-corrected chi connectivity index (χ1v) is 8.67. The average molecular weight is 382 g/mol. The van der Waals surface area contributed by atoms with Crippen molar-refractivity contribution in [1.82, 2.24) is 15.2 Å². The highest BCUT2D eigenvalue weighted by molar-refractivity contribution is 5.93. The summed E-state index contributed by atoms with van der Waals surface area (Å²) in [6, 6.07) is 1.38. The maximum atomic E-state index is 11.8. The van der Waals surface area contributed by atoms with Gasteiger partial charge in [-0.2, -0.15) is 0 Å². The Labute approximate surface area is 157 Å². The van der Waals surface area contributed by atoms with Gasteiger partial charge in [-0.15, -0.1) is 0 Å². The van der Waals surface area contributed by atoms with Gasteiger partial charge in [0.25, 0.3) is 0 Å². The Bertz CT molecular complexity index is 694. The van der Waals surface area contributed by atoms with Crippen molar-refractivity contribution in [2.75, 3.05) is 25.0 Å². The molecule has 0 spiro atoms. The SMILES string of the molecule is CC(C)(C)OC(=O)NCCCOCc1cc2c([nH]1)NC(=O)N(CC(=O)O)C2. The lowest BCUT2D eigenvalue weighted by Gasteiger charge is -2.25. The Kier molecular flexibility index (Phi) is 6.67. The maximum absolute atomic E-state index is 11.8. The van der Waals surface area contributed by atoms with Crippen LogP contribution in [0, 0.1) is 0 Å². The van der Waals surface area contributed by atoms with Gasteiger partial charge in [0, 0.05) is 24.4 Å². The van der Waals surface area contributed by atoms with E-state index in [0.717, 1.165) is 11.3 Å². The molecule has 1 aliphatic heterocycles. The number of aromatic nitrogens is 1. The number of carbonyl (C=O) groups is 3. The lowest BCUT2D eigenvalue weighted by molar-refractivity contribution is -0.137. The third-order valence-electron chi connectivity index (χ3n) is 3.55. The van der Waals surface area contributed by atoms with E-state index in [-0.39, 0.29) is 13.1 Å². The van der Waals surface area contributed by atoms with Gasteiger partial charge < -0.3 is 29.8 Å². The third kappa shape index (κ3) is 6.81. The van der Waals surface area contributed by atoms with Crippen LogP contribution in [-0.2, 0) is 27.4 Å². The summed E-state index contributed by atoms with van der Waals surface area (Å²) in [6.45, 7) is 6.47. The first-order valence-electron chi connectivity index (χ1n) is 8.67. The molecule has 0 aliphatic carbocycles. The first kappa shape index (κ1) is 20.6. The molecule has 27 heavy (non-hydrogen) atoms. The second-order valence-electron chi connectivity index (χ2n) is 7.21. The van der Waals surface area contributed by atoms with E-state index in [1.54, 1.807) is 20.8 Å². The van der Waals surface area contributed by atoms with Gasteiger partial charge in [0.05, 0.1) is 13.2 Å². The zero-order valence-corrected chi connectivity index (χ0v) is 15.8. The topological polar surface area (TPSA) is 133 Å². The standard InChI is InChI=1S/C17H26N4O6/c1-17(2,3)27-16(25)18-5-4-6-26-10-12-7-11-8-21(9-13(22)23)15(24)20-14(11)19-12/h7,19H,4-6,8-10H2,1-3H3,(H,18,25)(H,20,24)(H,22,23). The number of alkyl carbamates (subject to hydrolysis) is 1. The number of ether oxygens (including phenoxy) is 2. The lowest BCUT2D eigenvalue weighted by Crippen LogP contribution is -2.41. The molecular formula is C17H26N4O6. The number of H-pyrrole nitrogens is 1. The molecule has 0 atom stereocenters. The molecule has 150 valence electrons. The van der Waals surface area contributed by atoms with E-state index in [2.05, 4.69) is 15.6 Å². The molecule has 10 nitrogen and oxygen atoms in total. The number of aliphatic carboxylic acids is 1. The zero-order chi connectivity index (χ0) is 20.0. The molecule has 2 rings (SSSR count). The highest BCUT2D eigenvalue weighted by atomic mass is 16.6. The van der Waals surface area contributed by atoms with Crippen LogP contribution in [0.1, 0.15) is 38.4 Å². The van der Waals surface area contributed by atoms with E-state index in [4.69, 9.17) is 14.6 Å². The number of nitrogens with one attached hydrogen (secondary N) is 3. The molecule has 1 aromatic heterocycles. The number of carboxylic acids is 1. The molecule has 0 fully saturated rings. The predicted octanol–water partition coefficient (Wildman–Crippen LogP) is 1.88. The van der Waals surface area contributed by atoms with E-state index in [9.17, 15) is 14.4 Å². The Morgan fingerprint density at radius 1 is 1.37 bits per heavy atom. The van der Waals surface area contributed by atoms with Crippen molar-refractivity contribution >= 4 is 23.9 Å². The molecule has 2 heterocycles. The Morgan fingerprint density at radius 3 is 2.78 bits per heavy atom. The van der Waals surface area contributed by atoms with Crippen molar-refractivity contribution < 1.29 is 29.0 Å². The molecular weight excluding hydrogens is 356 g/mol. The minimum atomic E-state index is -1.06. The number of nitrogens with zero attached hydrogens (tertiary/aromatic N) is 1. The van der Waals surface area contributed by atoms with Crippen LogP contribution < -0.4 is 10.6 Å². The van der Waals surface area contributed by atoms with Gasteiger partial charge in [-0.1, -0.05) is 0 Å². The van der Waals surface area contributed by atoms with Gasteiger partial charge in [-0.3, -0.25) is 10.1 Å². The summed E-state index contributed by atoms with van der Waals surface area (Å²) in [5, 5.41) is 14.1. The number of anilines is 1. The summed E-state index contributed by atoms with van der Waals surface area (Å²) in [5.74, 6) is -0.500. The summed E-state index contributed by atoms with van der Waals surface area (Å²) in [4.78, 5) is 38.4. The van der Waals surface area contributed by atoms with Crippen LogP contribution in [0.4, 0.5) is 15.4 Å². The van der Waals surface area contributed by atoms with E-state index in [0.29, 0.717) is 32.0 Å². The zero-order valence-electron chi connectivity index (χ0n) is 15.8. The number of aromatic amines is 1. The van der Waals surface area contributed by atoms with E-state index < -0.39 is 23.7 Å². The van der Waals surface area contributed by atoms with Crippen LogP contribution in [-0.4, -0.2) is 58.4 Å². The van der Waals surface area contributed by atoms with Gasteiger partial charge in [-0.25, -0.2) is 9.59 Å². The fraction of sp³-hybridized carbons (Fsp3) is 0.588. The molecule has 0 aromatic carbocycles. The largest absolute Gasteiger partial charge is 0.480 e. The third-order valence-corrected chi connectivity index (χ3v) is 3.55. The van der Waals surface area contributed by atoms with Crippen LogP contribution in [0.15, 0.2) is 6.07 Å². The van der Waals surface area contributed by atoms with Gasteiger partial charge >= 0.3 is 18.1 Å². The summed E-state index contributed by atoms with van der Waals surface area (Å²) in [6.07, 6.45) is 0.171. The summed E-state index contributed by atoms with van der Waals surface area (Å²) < 4.78 is 10.7. The second-order valence-corrected chi connectivity index (χ2v) is 7.21. The van der Waals surface area contributed by atoms with Crippen LogP contribution in [0.2, 0.25) is 0 Å². The highest BCUT2D eigenvalue weighted by Crippen LogP contribution is 2.24. The fourth-order valence-corrected chi connectivity index (χ4v) is 2.49. The lowest BCUT2D eigenvalue weighted by atomic mass is 10.2. The number of amides is 3. The van der Waals surface area contributed by atoms with Crippen LogP contribution in [0.25, 0.3) is 0 Å². The first-order chi connectivity index (χ1) is 12.6. The molecule has 0 saturated carbocycles. The normalized spacial score (nSPS) is 13.7. The molecule has 1 aliphatic rings. The Balaban J connectivity index is 1.69. The van der Waals surface area contributed by atoms with Crippen molar-refractivity contribution in [2.24, 2.45) is 0 Å². The number of carboxylic acid groups (broad SMARTS) is 1. The van der Waals surface area contributed by atoms with Gasteiger partial charge in [0.2, 0.25) is 0 Å². The Morgan fingerprint density at radius 2 is 2.11 bits per heavy atom. The van der Waals surface area contributed by atoms with Crippen molar-refractivity contribution in [2.45, 2.75) is 45.9 Å². The highest BCUT2D eigenvalue weighted by Gasteiger charge is 2.25. The molecule has 0 bridgehead atoms. The number of hydrogen-bond acceptors (Lipinski definition) is 5. The molecule has 0 saturated heterocycles. The summed E-state index contributed by atoms with van der Waals surface area (Å²) in [5.41, 5.74) is 1.06. The molecule has 3 amide bonds. The van der Waals surface area contributed by atoms with Crippen molar-refractivity contribution in [3.05, 3.63) is 17.3 Å². The van der Waals surface area contributed by atoms with E-state index >= 15 is 0 Å². The minimum Gasteiger partial charge on any atom is -0.480 e. The maximum Gasteiger partial charge on any atom is 0.407 e. The number of rotatable bonds is 8. The van der Waals surface area contributed by atoms with E-state index in [1.807, 2.05) is 6.07 Å². The minimum absolute atomic E-state index is 0.226. The van der Waals surface area contributed by atoms with Crippen LogP contribution in [0.3, 0.4) is 0 Å². The monoisotopic (exact) mass is 382 g/mol. The molecule has 1 aromatic rings. The fourth-order valence-electron chi connectivity index (χ4n) is 2.49. The van der Waals surface area contributed by atoms with Crippen molar-refractivity contribution in [1.29, 1.82) is 0 Å². The molecule has 10 heteroatoms. The molecule has 0 unspecified atom stereocenters. The van der Waals surface area contributed by atoms with E-state index in [1.165, 1.54) is 4.90 Å². The predicted molar refractivity (Wildman–Crippen MR) is 96.4 cm³/mol. The quantitative estimate of drug-likeness (QED) is 0.507. The van der Waals surface area contributed by atoms with Crippen LogP contribution in [0.5, 0.6) is 0 Å². The average Bonchev–Trinajstić information content (AvgIpc) is 2.90. The van der Waals surface area contributed by atoms with Crippen molar-refractivity contribution in [3.63, 3.8) is 0 Å². The van der Waals surface area contributed by atoms with Crippen molar-refractivity contribution in [3.8, 4) is 0 Å². The number of carbonyl (C=O) groups excluding carboxylic acids is 2. The second kappa shape index (κ2) is 8.76. The summed E-state index contributed by atoms with van der Waals surface area (Å²) in [7, 11) is 0. The number of fused-ring (bicyclic) bond motifs is 1. The Hall–Kier alpha value is -2.75. The van der Waals surface area contributed by atoms with Crippen LogP contribution >= 0.6 is 0 Å².